The molecule has 5 heteroatoms. The fourth-order valence-corrected chi connectivity index (χ4v) is 2.96. The number of fused-ring (bicyclic) bond motifs is 1. The minimum absolute atomic E-state index is 0.184. The lowest BCUT2D eigenvalue weighted by Crippen LogP contribution is -2.27. The molecule has 0 aliphatic rings. The third-order valence-electron chi connectivity index (χ3n) is 4.42. The summed E-state index contributed by atoms with van der Waals surface area (Å²) in [6.07, 6.45) is 0. The molecule has 3 aromatic carbocycles. The number of carbonyl (C=O) groups is 1. The lowest BCUT2D eigenvalue weighted by atomic mass is 10.0. The molecule has 138 valence electrons. The lowest BCUT2D eigenvalue weighted by molar-refractivity contribution is 0.230. The predicted octanol–water partition coefficient (Wildman–Crippen LogP) is 5.06. The average molecular weight is 368 g/mol. The molecule has 5 nitrogen and oxygen atoms in total. The Hall–Kier alpha value is -3.73. The van der Waals surface area contributed by atoms with Crippen LogP contribution in [0.4, 0.5) is 10.5 Å². The fourth-order valence-electron chi connectivity index (χ4n) is 2.96. The van der Waals surface area contributed by atoms with Crippen LogP contribution in [0.5, 0.6) is 0 Å². The quantitative estimate of drug-likeness (QED) is 0.550. The van der Waals surface area contributed by atoms with Crippen molar-refractivity contribution in [2.24, 2.45) is 0 Å². The highest BCUT2D eigenvalue weighted by Gasteiger charge is 2.14. The lowest BCUT2D eigenvalue weighted by Gasteiger charge is -2.13. The molecule has 0 saturated carbocycles. The van der Waals surface area contributed by atoms with Gasteiger partial charge >= 0.3 is 6.03 Å². The van der Waals surface area contributed by atoms with Crippen molar-refractivity contribution in [2.75, 3.05) is 19.4 Å². The van der Waals surface area contributed by atoms with Gasteiger partial charge in [0.1, 0.15) is 0 Å². The number of carbonyl (C=O) groups excluding carboxylic acids is 1. The first kappa shape index (κ1) is 17.7. The number of hydrogen-bond donors (Lipinski definition) is 1. The topological polar surface area (TPSA) is 58.1 Å². The van der Waals surface area contributed by atoms with E-state index in [0.717, 1.165) is 33.5 Å². The standard InChI is InChI=1S/C23H20N4O/c1-27(2)23(28)24-18-13-14-19-20(15-18)26-22(17-11-7-4-8-12-17)21(25-19)16-9-5-3-6-10-16/h3-15H,1-2H3,(H,24,28). The van der Waals surface area contributed by atoms with E-state index in [0.29, 0.717) is 5.69 Å². The number of aromatic nitrogens is 2. The smallest absolute Gasteiger partial charge is 0.321 e. The SMILES string of the molecule is CN(C)C(=O)Nc1ccc2nc(-c3ccccc3)c(-c3ccccc3)nc2c1. The number of nitrogens with zero attached hydrogens (tertiary/aromatic N) is 3. The summed E-state index contributed by atoms with van der Waals surface area (Å²) >= 11 is 0. The van der Waals surface area contributed by atoms with Crippen molar-refractivity contribution >= 4 is 22.8 Å². The number of hydrogen-bond acceptors (Lipinski definition) is 3. The van der Waals surface area contributed by atoms with Crippen LogP contribution in [0.15, 0.2) is 78.9 Å². The third kappa shape index (κ3) is 3.55. The molecule has 0 unspecified atom stereocenters. The molecule has 0 bridgehead atoms. The Kier molecular flexibility index (Phi) is 4.72. The molecule has 2 amide bonds. The zero-order valence-electron chi connectivity index (χ0n) is 15.8. The van der Waals surface area contributed by atoms with Crippen LogP contribution >= 0.6 is 0 Å². The van der Waals surface area contributed by atoms with Gasteiger partial charge in [-0.15, -0.1) is 0 Å². The maximum absolute atomic E-state index is 12.0. The highest BCUT2D eigenvalue weighted by Crippen LogP contribution is 2.31. The van der Waals surface area contributed by atoms with Gasteiger partial charge in [-0.1, -0.05) is 60.7 Å². The number of anilines is 1. The number of nitrogens with one attached hydrogen (secondary N) is 1. The van der Waals surface area contributed by atoms with E-state index in [2.05, 4.69) is 5.32 Å². The molecular formula is C23H20N4O. The Morgan fingerprint density at radius 3 is 1.82 bits per heavy atom. The summed E-state index contributed by atoms with van der Waals surface area (Å²) in [7, 11) is 3.41. The third-order valence-corrected chi connectivity index (χ3v) is 4.42. The van der Waals surface area contributed by atoms with E-state index in [4.69, 9.17) is 9.97 Å². The minimum atomic E-state index is -0.184. The molecule has 28 heavy (non-hydrogen) atoms. The van der Waals surface area contributed by atoms with Crippen LogP contribution in [0.25, 0.3) is 33.5 Å². The molecule has 0 aliphatic carbocycles. The van der Waals surface area contributed by atoms with Gasteiger partial charge in [-0.25, -0.2) is 14.8 Å². The van der Waals surface area contributed by atoms with Crippen LogP contribution in [-0.2, 0) is 0 Å². The summed E-state index contributed by atoms with van der Waals surface area (Å²) in [5.74, 6) is 0. The Morgan fingerprint density at radius 2 is 1.29 bits per heavy atom. The highest BCUT2D eigenvalue weighted by atomic mass is 16.2. The molecule has 0 fully saturated rings. The molecule has 0 atom stereocenters. The van der Waals surface area contributed by atoms with E-state index in [-0.39, 0.29) is 6.03 Å². The van der Waals surface area contributed by atoms with Crippen molar-refractivity contribution in [1.29, 1.82) is 0 Å². The van der Waals surface area contributed by atoms with Crippen LogP contribution < -0.4 is 5.32 Å². The molecule has 0 saturated heterocycles. The average Bonchev–Trinajstić information content (AvgIpc) is 2.74. The minimum Gasteiger partial charge on any atom is -0.331 e. The van der Waals surface area contributed by atoms with Crippen molar-refractivity contribution in [2.45, 2.75) is 0 Å². The van der Waals surface area contributed by atoms with E-state index >= 15 is 0 Å². The van der Waals surface area contributed by atoms with Crippen LogP contribution in [0.3, 0.4) is 0 Å². The molecular weight excluding hydrogens is 348 g/mol. The number of amides is 2. The second-order valence-electron chi connectivity index (χ2n) is 6.68. The Balaban J connectivity index is 1.88. The molecule has 4 rings (SSSR count). The summed E-state index contributed by atoms with van der Waals surface area (Å²) in [4.78, 5) is 23.2. The van der Waals surface area contributed by atoms with E-state index in [9.17, 15) is 4.79 Å². The summed E-state index contributed by atoms with van der Waals surface area (Å²) < 4.78 is 0. The summed E-state index contributed by atoms with van der Waals surface area (Å²) in [6, 6.07) is 25.5. The molecule has 4 aromatic rings. The van der Waals surface area contributed by atoms with E-state index < -0.39 is 0 Å². The maximum atomic E-state index is 12.0. The first-order valence-electron chi connectivity index (χ1n) is 9.03. The molecule has 1 aromatic heterocycles. The molecule has 0 radical (unpaired) electrons. The predicted molar refractivity (Wildman–Crippen MR) is 113 cm³/mol. The van der Waals surface area contributed by atoms with E-state index in [1.165, 1.54) is 4.90 Å². The number of benzene rings is 3. The van der Waals surface area contributed by atoms with Gasteiger partial charge in [-0.2, -0.15) is 0 Å². The number of rotatable bonds is 3. The Bertz CT molecular complexity index is 1130. The zero-order chi connectivity index (χ0) is 19.5. The van der Waals surface area contributed by atoms with Crippen LogP contribution in [-0.4, -0.2) is 35.0 Å². The second-order valence-corrected chi connectivity index (χ2v) is 6.68. The number of urea groups is 1. The maximum Gasteiger partial charge on any atom is 0.321 e. The molecule has 1 heterocycles. The van der Waals surface area contributed by atoms with Crippen LogP contribution in [0.1, 0.15) is 0 Å². The van der Waals surface area contributed by atoms with Crippen LogP contribution in [0.2, 0.25) is 0 Å². The van der Waals surface area contributed by atoms with Gasteiger partial charge in [0.25, 0.3) is 0 Å². The Labute approximate surface area is 163 Å². The molecule has 0 spiro atoms. The Morgan fingerprint density at radius 1 is 0.750 bits per heavy atom. The van der Waals surface area contributed by atoms with Crippen molar-refractivity contribution in [3.8, 4) is 22.5 Å². The van der Waals surface area contributed by atoms with Crippen molar-refractivity contribution in [1.82, 2.24) is 14.9 Å². The highest BCUT2D eigenvalue weighted by molar-refractivity contribution is 5.93. The van der Waals surface area contributed by atoms with Gasteiger partial charge in [0.05, 0.1) is 22.4 Å². The van der Waals surface area contributed by atoms with E-state index in [1.54, 1.807) is 14.1 Å². The zero-order valence-corrected chi connectivity index (χ0v) is 15.8. The molecule has 0 aliphatic heterocycles. The van der Waals surface area contributed by atoms with Crippen molar-refractivity contribution < 1.29 is 4.79 Å². The fraction of sp³-hybridized carbons (Fsp3) is 0.0870. The van der Waals surface area contributed by atoms with E-state index in [1.807, 2.05) is 78.9 Å². The van der Waals surface area contributed by atoms with Gasteiger partial charge in [0, 0.05) is 30.9 Å². The molecule has 1 N–H and O–H groups in total. The monoisotopic (exact) mass is 368 g/mol. The van der Waals surface area contributed by atoms with Gasteiger partial charge in [0.15, 0.2) is 0 Å². The van der Waals surface area contributed by atoms with Gasteiger partial charge in [-0.05, 0) is 18.2 Å². The largest absolute Gasteiger partial charge is 0.331 e. The van der Waals surface area contributed by atoms with Crippen LogP contribution in [0, 0.1) is 0 Å². The van der Waals surface area contributed by atoms with Gasteiger partial charge < -0.3 is 10.2 Å². The summed E-state index contributed by atoms with van der Waals surface area (Å²) in [6.45, 7) is 0. The second kappa shape index (κ2) is 7.48. The first-order chi connectivity index (χ1) is 13.6. The van der Waals surface area contributed by atoms with Gasteiger partial charge in [0.2, 0.25) is 0 Å². The van der Waals surface area contributed by atoms with Crippen molar-refractivity contribution in [3.63, 3.8) is 0 Å². The summed E-state index contributed by atoms with van der Waals surface area (Å²) in [5.41, 5.74) is 5.86. The summed E-state index contributed by atoms with van der Waals surface area (Å²) in [5, 5.41) is 2.86. The first-order valence-corrected chi connectivity index (χ1v) is 9.03. The van der Waals surface area contributed by atoms with Gasteiger partial charge in [-0.3, -0.25) is 0 Å². The normalized spacial score (nSPS) is 10.6. The van der Waals surface area contributed by atoms with Crippen molar-refractivity contribution in [3.05, 3.63) is 78.9 Å².